The minimum atomic E-state index is -3.75. The molecule has 8 heteroatoms. The molecule has 2 aromatic carbocycles. The highest BCUT2D eigenvalue weighted by Gasteiger charge is 2.30. The second kappa shape index (κ2) is 9.06. The van der Waals surface area contributed by atoms with Crippen LogP contribution in [0, 0.1) is 13.8 Å². The van der Waals surface area contributed by atoms with E-state index in [0.717, 1.165) is 29.7 Å². The largest absolute Gasteiger partial charge is 0.495 e. The lowest BCUT2D eigenvalue weighted by molar-refractivity contribution is 0.0773. The molecule has 0 heterocycles. The van der Waals surface area contributed by atoms with E-state index in [0.29, 0.717) is 13.2 Å². The molecule has 2 aromatic rings. The summed E-state index contributed by atoms with van der Waals surface area (Å²) in [6.45, 7) is 4.70. The molecule has 30 heavy (non-hydrogen) atoms. The summed E-state index contributed by atoms with van der Waals surface area (Å²) in [7, 11) is -0.686. The van der Waals surface area contributed by atoms with E-state index in [9.17, 15) is 13.2 Å². The molecule has 1 fully saturated rings. The van der Waals surface area contributed by atoms with Crippen molar-refractivity contribution in [2.45, 2.75) is 37.6 Å². The van der Waals surface area contributed by atoms with Gasteiger partial charge in [0.1, 0.15) is 23.0 Å². The van der Waals surface area contributed by atoms with Crippen LogP contribution in [-0.2, 0) is 10.0 Å². The number of nitrogens with zero attached hydrogens (tertiary/aromatic N) is 1. The first-order valence-corrected chi connectivity index (χ1v) is 11.3. The van der Waals surface area contributed by atoms with Gasteiger partial charge in [-0.25, -0.2) is 13.1 Å². The highest BCUT2D eigenvalue weighted by Crippen LogP contribution is 2.28. The number of nitrogens with one attached hydrogen (secondary N) is 1. The fraction of sp³-hybridized carbons (Fsp3) is 0.409. The summed E-state index contributed by atoms with van der Waals surface area (Å²) in [6, 6.07) is 10.4. The third kappa shape index (κ3) is 5.52. The molecule has 1 aliphatic rings. The molecule has 0 aliphatic heterocycles. The lowest BCUT2D eigenvalue weighted by Crippen LogP contribution is -2.31. The third-order valence-electron chi connectivity index (χ3n) is 4.84. The van der Waals surface area contributed by atoms with Crippen LogP contribution in [0.15, 0.2) is 41.3 Å². The number of rotatable bonds is 9. The van der Waals surface area contributed by atoms with Crippen LogP contribution < -0.4 is 14.2 Å². The van der Waals surface area contributed by atoms with E-state index in [1.165, 1.54) is 24.1 Å². The average molecular weight is 433 g/mol. The Hall–Kier alpha value is -2.58. The van der Waals surface area contributed by atoms with Crippen LogP contribution in [0.5, 0.6) is 11.5 Å². The number of sulfonamides is 1. The van der Waals surface area contributed by atoms with Crippen molar-refractivity contribution in [2.75, 3.05) is 27.3 Å². The van der Waals surface area contributed by atoms with Gasteiger partial charge in [-0.3, -0.25) is 4.79 Å². The van der Waals surface area contributed by atoms with Crippen LogP contribution in [0.2, 0.25) is 0 Å². The summed E-state index contributed by atoms with van der Waals surface area (Å²) >= 11 is 0. The number of hydrogen-bond donors (Lipinski definition) is 1. The SMILES string of the molecule is COc1ccc(C(=O)N(C)CCOc2cc(C)cc(C)c2)cc1S(=O)(=O)NC1CC1. The number of carbonyl (C=O) groups is 1. The van der Waals surface area contributed by atoms with Gasteiger partial charge in [0.05, 0.1) is 13.7 Å². The van der Waals surface area contributed by atoms with Gasteiger partial charge in [0.2, 0.25) is 10.0 Å². The van der Waals surface area contributed by atoms with Crippen molar-refractivity contribution in [1.82, 2.24) is 9.62 Å². The molecular weight excluding hydrogens is 404 g/mol. The minimum absolute atomic E-state index is 0.0253. The Balaban J connectivity index is 1.68. The maximum atomic E-state index is 12.8. The van der Waals surface area contributed by atoms with Crippen molar-refractivity contribution >= 4 is 15.9 Å². The number of ether oxygens (including phenoxy) is 2. The fourth-order valence-corrected chi connectivity index (χ4v) is 4.64. The van der Waals surface area contributed by atoms with E-state index in [-0.39, 0.29) is 28.2 Å². The molecule has 0 saturated heterocycles. The van der Waals surface area contributed by atoms with Crippen molar-refractivity contribution in [1.29, 1.82) is 0 Å². The van der Waals surface area contributed by atoms with E-state index in [4.69, 9.17) is 9.47 Å². The first kappa shape index (κ1) is 22.1. The number of methoxy groups -OCH3 is 1. The third-order valence-corrected chi connectivity index (χ3v) is 6.38. The number of aryl methyl sites for hydroxylation is 2. The minimum Gasteiger partial charge on any atom is -0.495 e. The maximum Gasteiger partial charge on any atom is 0.253 e. The number of amides is 1. The molecule has 7 nitrogen and oxygen atoms in total. The second-order valence-corrected chi connectivity index (χ2v) is 9.34. The summed E-state index contributed by atoms with van der Waals surface area (Å²) in [5, 5.41) is 0. The van der Waals surface area contributed by atoms with Gasteiger partial charge in [-0.15, -0.1) is 0 Å². The van der Waals surface area contributed by atoms with E-state index in [1.807, 2.05) is 26.0 Å². The molecule has 0 spiro atoms. The van der Waals surface area contributed by atoms with E-state index in [1.54, 1.807) is 13.1 Å². The Morgan fingerprint density at radius 2 is 1.80 bits per heavy atom. The average Bonchev–Trinajstić information content (AvgIpc) is 3.49. The topological polar surface area (TPSA) is 84.9 Å². The van der Waals surface area contributed by atoms with Gasteiger partial charge in [-0.1, -0.05) is 6.07 Å². The molecule has 1 amide bonds. The van der Waals surface area contributed by atoms with Gasteiger partial charge in [0.15, 0.2) is 0 Å². The number of likely N-dealkylation sites (N-methyl/N-ethyl adjacent to an activating group) is 1. The standard InChI is InChI=1S/C22H28N2O5S/c1-15-11-16(2)13-19(12-15)29-10-9-24(3)22(25)17-5-8-20(28-4)21(14-17)30(26,27)23-18-6-7-18/h5,8,11-14,18,23H,6-7,9-10H2,1-4H3. The highest BCUT2D eigenvalue weighted by atomic mass is 32.2. The van der Waals surface area contributed by atoms with Gasteiger partial charge in [-0.2, -0.15) is 0 Å². The van der Waals surface area contributed by atoms with Crippen LogP contribution in [0.25, 0.3) is 0 Å². The van der Waals surface area contributed by atoms with Crippen molar-refractivity contribution in [3.05, 3.63) is 53.1 Å². The molecule has 162 valence electrons. The first-order valence-electron chi connectivity index (χ1n) is 9.86. The van der Waals surface area contributed by atoms with E-state index in [2.05, 4.69) is 10.8 Å². The lowest BCUT2D eigenvalue weighted by atomic mass is 10.1. The van der Waals surface area contributed by atoms with Crippen molar-refractivity contribution in [2.24, 2.45) is 0 Å². The number of benzene rings is 2. The van der Waals surface area contributed by atoms with Crippen LogP contribution in [0.1, 0.15) is 34.3 Å². The Morgan fingerprint density at radius 3 is 2.40 bits per heavy atom. The molecular formula is C22H28N2O5S. The fourth-order valence-electron chi connectivity index (χ4n) is 3.14. The zero-order valence-corrected chi connectivity index (χ0v) is 18.6. The quantitative estimate of drug-likeness (QED) is 0.659. The van der Waals surface area contributed by atoms with Crippen LogP contribution in [0.3, 0.4) is 0 Å². The first-order chi connectivity index (χ1) is 14.2. The summed E-state index contributed by atoms with van der Waals surface area (Å²) in [4.78, 5) is 14.3. The van der Waals surface area contributed by atoms with Crippen molar-refractivity contribution in [3.8, 4) is 11.5 Å². The molecule has 0 unspecified atom stereocenters. The zero-order chi connectivity index (χ0) is 21.9. The number of carbonyl (C=O) groups excluding carboxylic acids is 1. The van der Waals surface area contributed by atoms with Gasteiger partial charge < -0.3 is 14.4 Å². The summed E-state index contributed by atoms with van der Waals surface area (Å²) in [6.07, 6.45) is 1.65. The Morgan fingerprint density at radius 1 is 1.13 bits per heavy atom. The van der Waals surface area contributed by atoms with E-state index >= 15 is 0 Å². The molecule has 0 bridgehead atoms. The maximum absolute atomic E-state index is 12.8. The van der Waals surface area contributed by atoms with Crippen molar-refractivity contribution < 1.29 is 22.7 Å². The summed E-state index contributed by atoms with van der Waals surface area (Å²) in [5.74, 6) is 0.683. The molecule has 1 saturated carbocycles. The lowest BCUT2D eigenvalue weighted by Gasteiger charge is -2.19. The Labute approximate surface area is 178 Å². The van der Waals surface area contributed by atoms with Gasteiger partial charge in [0.25, 0.3) is 5.91 Å². The zero-order valence-electron chi connectivity index (χ0n) is 17.8. The van der Waals surface area contributed by atoms with Crippen LogP contribution >= 0.6 is 0 Å². The molecule has 0 aromatic heterocycles. The predicted molar refractivity (Wildman–Crippen MR) is 115 cm³/mol. The molecule has 3 rings (SSSR count). The molecule has 1 aliphatic carbocycles. The molecule has 0 radical (unpaired) electrons. The summed E-state index contributed by atoms with van der Waals surface area (Å²) in [5.41, 5.74) is 2.50. The van der Waals surface area contributed by atoms with Gasteiger partial charge in [0, 0.05) is 18.7 Å². The normalized spacial score (nSPS) is 13.7. The highest BCUT2D eigenvalue weighted by molar-refractivity contribution is 7.89. The smallest absolute Gasteiger partial charge is 0.253 e. The predicted octanol–water partition coefficient (Wildman–Crippen LogP) is 2.90. The van der Waals surface area contributed by atoms with E-state index < -0.39 is 10.0 Å². The van der Waals surface area contributed by atoms with Crippen molar-refractivity contribution in [3.63, 3.8) is 0 Å². The van der Waals surface area contributed by atoms with Gasteiger partial charge in [-0.05, 0) is 68.1 Å². The summed E-state index contributed by atoms with van der Waals surface area (Å²) < 4.78 is 38.9. The van der Waals surface area contributed by atoms with Crippen LogP contribution in [0.4, 0.5) is 0 Å². The Bertz CT molecular complexity index is 1010. The number of hydrogen-bond acceptors (Lipinski definition) is 5. The molecule has 1 N–H and O–H groups in total. The van der Waals surface area contributed by atoms with Gasteiger partial charge >= 0.3 is 0 Å². The Kier molecular flexibility index (Phi) is 6.67. The van der Waals surface area contributed by atoms with Crippen LogP contribution in [-0.4, -0.2) is 52.6 Å². The monoisotopic (exact) mass is 432 g/mol. The molecule has 0 atom stereocenters. The second-order valence-electron chi connectivity index (χ2n) is 7.66.